The van der Waals surface area contributed by atoms with Crippen LogP contribution in [0.25, 0.3) is 22.0 Å². The Kier molecular flexibility index (Phi) is 2.65. The molecule has 0 radical (unpaired) electrons. The molecule has 0 amide bonds. The number of rotatable bonds is 2. The van der Waals surface area contributed by atoms with Crippen LogP contribution >= 0.6 is 0 Å². The van der Waals surface area contributed by atoms with E-state index in [1.807, 2.05) is 36.4 Å². The van der Waals surface area contributed by atoms with E-state index in [2.05, 4.69) is 23.2 Å². The predicted octanol–water partition coefficient (Wildman–Crippen LogP) is 3.89. The Balaban J connectivity index is 2.35. The van der Waals surface area contributed by atoms with Crippen molar-refractivity contribution in [2.24, 2.45) is 0 Å². The molecule has 0 bridgehead atoms. The number of hydrogen-bond acceptors (Lipinski definition) is 1. The van der Waals surface area contributed by atoms with Gasteiger partial charge in [-0.05, 0) is 18.6 Å². The summed E-state index contributed by atoms with van der Waals surface area (Å²) in [7, 11) is 0. The van der Waals surface area contributed by atoms with Gasteiger partial charge in [-0.3, -0.25) is 0 Å². The topological polar surface area (TPSA) is 36.0 Å². The summed E-state index contributed by atoms with van der Waals surface area (Å²) in [4.78, 5) is 3.31. The van der Waals surface area contributed by atoms with Crippen molar-refractivity contribution < 1.29 is 5.11 Å². The van der Waals surface area contributed by atoms with Gasteiger partial charge in [-0.1, -0.05) is 48.5 Å². The molecule has 0 aliphatic rings. The molecule has 2 aromatic carbocycles. The van der Waals surface area contributed by atoms with Gasteiger partial charge in [-0.25, -0.2) is 0 Å². The van der Waals surface area contributed by atoms with Gasteiger partial charge in [-0.15, -0.1) is 0 Å². The van der Waals surface area contributed by atoms with E-state index >= 15 is 0 Å². The third-order valence-electron chi connectivity index (χ3n) is 3.22. The summed E-state index contributed by atoms with van der Waals surface area (Å²) in [5.74, 6) is 0. The third kappa shape index (κ3) is 1.71. The molecule has 1 atom stereocenters. The zero-order valence-corrected chi connectivity index (χ0v) is 10.2. The van der Waals surface area contributed by atoms with Crippen LogP contribution in [0.15, 0.2) is 54.6 Å². The molecule has 0 unspecified atom stereocenters. The molecule has 0 aliphatic carbocycles. The zero-order chi connectivity index (χ0) is 12.5. The van der Waals surface area contributed by atoms with E-state index in [-0.39, 0.29) is 0 Å². The van der Waals surface area contributed by atoms with Crippen molar-refractivity contribution in [3.05, 3.63) is 60.3 Å². The molecule has 0 aliphatic heterocycles. The number of hydrogen-bond donors (Lipinski definition) is 2. The first-order valence-electron chi connectivity index (χ1n) is 6.11. The van der Waals surface area contributed by atoms with Gasteiger partial charge in [0.1, 0.15) is 0 Å². The third-order valence-corrected chi connectivity index (χ3v) is 3.22. The molecule has 1 heterocycles. The number of H-pyrrole nitrogens is 1. The van der Waals surface area contributed by atoms with E-state index < -0.39 is 6.10 Å². The molecule has 3 rings (SSSR count). The molecule has 18 heavy (non-hydrogen) atoms. The molecular formula is C16H15NO. The minimum absolute atomic E-state index is 0.507. The summed E-state index contributed by atoms with van der Waals surface area (Å²) in [6, 6.07) is 18.3. The maximum absolute atomic E-state index is 9.94. The second kappa shape index (κ2) is 4.31. The Morgan fingerprint density at radius 2 is 1.61 bits per heavy atom. The first-order valence-corrected chi connectivity index (χ1v) is 6.11. The van der Waals surface area contributed by atoms with Crippen LogP contribution in [0, 0.1) is 0 Å². The van der Waals surface area contributed by atoms with Crippen molar-refractivity contribution >= 4 is 10.9 Å². The van der Waals surface area contributed by atoms with Crippen molar-refractivity contribution in [3.63, 3.8) is 0 Å². The summed E-state index contributed by atoms with van der Waals surface area (Å²) in [5.41, 5.74) is 4.17. The summed E-state index contributed by atoms with van der Waals surface area (Å²) in [6.07, 6.45) is -0.507. The average Bonchev–Trinajstić information content (AvgIpc) is 2.79. The lowest BCUT2D eigenvalue weighted by molar-refractivity contribution is 0.196. The molecule has 2 heteroatoms. The summed E-state index contributed by atoms with van der Waals surface area (Å²) >= 11 is 0. The van der Waals surface area contributed by atoms with Crippen LogP contribution in [0.1, 0.15) is 18.7 Å². The normalized spacial score (nSPS) is 12.8. The molecule has 2 N–H and O–H groups in total. The summed E-state index contributed by atoms with van der Waals surface area (Å²) in [5, 5.41) is 11.1. The quantitative estimate of drug-likeness (QED) is 0.697. The van der Waals surface area contributed by atoms with Crippen molar-refractivity contribution in [3.8, 4) is 11.1 Å². The van der Waals surface area contributed by atoms with E-state index in [1.165, 1.54) is 0 Å². The number of aromatic amines is 1. The average molecular weight is 237 g/mol. The lowest BCUT2D eigenvalue weighted by Crippen LogP contribution is -1.93. The van der Waals surface area contributed by atoms with E-state index in [4.69, 9.17) is 0 Å². The van der Waals surface area contributed by atoms with E-state index in [9.17, 15) is 5.11 Å². The maximum Gasteiger partial charge on any atom is 0.0916 e. The van der Waals surface area contributed by atoms with E-state index in [0.717, 1.165) is 27.7 Å². The van der Waals surface area contributed by atoms with Crippen molar-refractivity contribution in [1.82, 2.24) is 4.98 Å². The Labute approximate surface area is 106 Å². The largest absolute Gasteiger partial charge is 0.387 e. The Hall–Kier alpha value is -2.06. The van der Waals surface area contributed by atoms with Crippen LogP contribution in [0.3, 0.4) is 0 Å². The number of benzene rings is 2. The monoisotopic (exact) mass is 237 g/mol. The fraction of sp³-hybridized carbons (Fsp3) is 0.125. The SMILES string of the molecule is C[C@H](O)c1[nH]c2ccccc2c1-c1ccccc1. The molecule has 1 aromatic heterocycles. The smallest absolute Gasteiger partial charge is 0.0916 e. The number of para-hydroxylation sites is 1. The molecule has 3 aromatic rings. The minimum Gasteiger partial charge on any atom is -0.387 e. The first kappa shape index (κ1) is 11.1. The summed E-state index contributed by atoms with van der Waals surface area (Å²) in [6.45, 7) is 1.79. The van der Waals surface area contributed by atoms with Gasteiger partial charge in [0.15, 0.2) is 0 Å². The lowest BCUT2D eigenvalue weighted by atomic mass is 10.0. The Morgan fingerprint density at radius 3 is 2.33 bits per heavy atom. The van der Waals surface area contributed by atoms with Gasteiger partial charge in [0.05, 0.1) is 11.8 Å². The second-order valence-corrected chi connectivity index (χ2v) is 4.50. The van der Waals surface area contributed by atoms with Crippen LogP contribution in [0.4, 0.5) is 0 Å². The zero-order valence-electron chi connectivity index (χ0n) is 10.2. The van der Waals surface area contributed by atoms with Gasteiger partial charge in [0, 0.05) is 16.5 Å². The standard InChI is InChI=1S/C16H15NO/c1-11(18)16-15(12-7-3-2-4-8-12)13-9-5-6-10-14(13)17-16/h2-11,17-18H,1H3/t11-/m0/s1. The number of fused-ring (bicyclic) bond motifs is 1. The van der Waals surface area contributed by atoms with Gasteiger partial charge >= 0.3 is 0 Å². The van der Waals surface area contributed by atoms with Gasteiger partial charge < -0.3 is 10.1 Å². The molecule has 2 nitrogen and oxygen atoms in total. The predicted molar refractivity (Wildman–Crippen MR) is 74.4 cm³/mol. The van der Waals surface area contributed by atoms with Crippen molar-refractivity contribution in [2.75, 3.05) is 0 Å². The highest BCUT2D eigenvalue weighted by molar-refractivity contribution is 5.97. The highest BCUT2D eigenvalue weighted by Crippen LogP contribution is 2.35. The van der Waals surface area contributed by atoms with Crippen LogP contribution in [-0.2, 0) is 0 Å². The number of nitrogens with one attached hydrogen (secondary N) is 1. The molecule has 0 fully saturated rings. The molecule has 0 spiro atoms. The highest BCUT2D eigenvalue weighted by atomic mass is 16.3. The fourth-order valence-corrected chi connectivity index (χ4v) is 2.39. The summed E-state index contributed by atoms with van der Waals surface area (Å²) < 4.78 is 0. The molecule has 90 valence electrons. The van der Waals surface area contributed by atoms with Crippen LogP contribution in [0.2, 0.25) is 0 Å². The van der Waals surface area contributed by atoms with Crippen LogP contribution in [-0.4, -0.2) is 10.1 Å². The van der Waals surface area contributed by atoms with Crippen LogP contribution in [0.5, 0.6) is 0 Å². The van der Waals surface area contributed by atoms with Gasteiger partial charge in [-0.2, -0.15) is 0 Å². The number of aliphatic hydroxyl groups excluding tert-OH is 1. The second-order valence-electron chi connectivity index (χ2n) is 4.50. The Bertz CT molecular complexity index is 668. The number of aliphatic hydroxyl groups is 1. The van der Waals surface area contributed by atoms with Gasteiger partial charge in [0.2, 0.25) is 0 Å². The molecule has 0 saturated heterocycles. The lowest BCUT2D eigenvalue weighted by Gasteiger charge is -2.07. The van der Waals surface area contributed by atoms with Gasteiger partial charge in [0.25, 0.3) is 0 Å². The highest BCUT2D eigenvalue weighted by Gasteiger charge is 2.15. The molecular weight excluding hydrogens is 222 g/mol. The molecule has 0 saturated carbocycles. The van der Waals surface area contributed by atoms with Crippen molar-refractivity contribution in [1.29, 1.82) is 0 Å². The fourth-order valence-electron chi connectivity index (χ4n) is 2.39. The Morgan fingerprint density at radius 1 is 0.944 bits per heavy atom. The first-order chi connectivity index (χ1) is 8.77. The van der Waals surface area contributed by atoms with Crippen molar-refractivity contribution in [2.45, 2.75) is 13.0 Å². The number of aromatic nitrogens is 1. The van der Waals surface area contributed by atoms with Crippen LogP contribution < -0.4 is 0 Å². The van der Waals surface area contributed by atoms with E-state index in [1.54, 1.807) is 6.92 Å². The maximum atomic E-state index is 9.94. The minimum atomic E-state index is -0.507. The van der Waals surface area contributed by atoms with E-state index in [0.29, 0.717) is 0 Å².